The second-order valence-corrected chi connectivity index (χ2v) is 5.05. The van der Waals surface area contributed by atoms with Gasteiger partial charge in [0.1, 0.15) is 11.6 Å². The third-order valence-electron chi connectivity index (χ3n) is 3.27. The van der Waals surface area contributed by atoms with Crippen molar-refractivity contribution in [2.24, 2.45) is 5.73 Å². The van der Waals surface area contributed by atoms with Crippen LogP contribution in [0.3, 0.4) is 0 Å². The van der Waals surface area contributed by atoms with Crippen molar-refractivity contribution < 1.29 is 18.6 Å². The molecular formula is C14H19ClFNO3. The Labute approximate surface area is 122 Å². The van der Waals surface area contributed by atoms with Crippen molar-refractivity contribution in [2.45, 2.75) is 26.1 Å². The molecule has 1 aromatic carbocycles. The summed E-state index contributed by atoms with van der Waals surface area (Å²) in [4.78, 5) is 0. The smallest absolute Gasteiger partial charge is 0.195 e. The number of hydrogen-bond acceptors (Lipinski definition) is 4. The lowest BCUT2D eigenvalue weighted by molar-refractivity contribution is -0.150. The van der Waals surface area contributed by atoms with Crippen LogP contribution in [0.1, 0.15) is 25.0 Å². The van der Waals surface area contributed by atoms with Crippen molar-refractivity contribution >= 4 is 11.6 Å². The average molecular weight is 304 g/mol. The highest BCUT2D eigenvalue weighted by Crippen LogP contribution is 2.42. The summed E-state index contributed by atoms with van der Waals surface area (Å²) < 4.78 is 31.1. The number of ether oxygens (including phenoxy) is 3. The maximum absolute atomic E-state index is 14.2. The summed E-state index contributed by atoms with van der Waals surface area (Å²) in [7, 11) is 0. The van der Waals surface area contributed by atoms with Crippen LogP contribution in [0.25, 0.3) is 0 Å². The first kappa shape index (κ1) is 15.5. The molecular weight excluding hydrogens is 285 g/mol. The zero-order valence-electron chi connectivity index (χ0n) is 11.7. The molecule has 0 amide bonds. The molecule has 1 fully saturated rings. The Hall–Kier alpha value is -0.880. The molecule has 2 N–H and O–H groups in total. The number of hydrogen-bond donors (Lipinski definition) is 1. The van der Waals surface area contributed by atoms with E-state index in [1.807, 2.05) is 6.92 Å². The molecule has 6 heteroatoms. The van der Waals surface area contributed by atoms with E-state index < -0.39 is 11.6 Å². The summed E-state index contributed by atoms with van der Waals surface area (Å²) in [5, 5.41) is 0.0206. The van der Waals surface area contributed by atoms with Crippen LogP contribution in [0.15, 0.2) is 6.07 Å². The summed E-state index contributed by atoms with van der Waals surface area (Å²) in [6.45, 7) is 5.27. The lowest BCUT2D eigenvalue weighted by Gasteiger charge is -2.27. The third kappa shape index (κ3) is 2.76. The van der Waals surface area contributed by atoms with Crippen LogP contribution in [-0.4, -0.2) is 26.4 Å². The van der Waals surface area contributed by atoms with Gasteiger partial charge in [0.15, 0.2) is 5.79 Å². The van der Waals surface area contributed by atoms with E-state index in [0.717, 1.165) is 0 Å². The van der Waals surface area contributed by atoms with Crippen LogP contribution >= 0.6 is 11.6 Å². The van der Waals surface area contributed by atoms with E-state index in [1.54, 1.807) is 6.92 Å². The van der Waals surface area contributed by atoms with Gasteiger partial charge in [-0.2, -0.15) is 0 Å². The molecule has 2 rings (SSSR count). The summed E-state index contributed by atoms with van der Waals surface area (Å²) in [5.74, 6) is -1.04. The summed E-state index contributed by atoms with van der Waals surface area (Å²) >= 11 is 5.98. The van der Waals surface area contributed by atoms with Crippen LogP contribution in [-0.2, 0) is 21.7 Å². The van der Waals surface area contributed by atoms with Crippen LogP contribution in [0, 0.1) is 5.82 Å². The zero-order valence-corrected chi connectivity index (χ0v) is 12.4. The second-order valence-electron chi connectivity index (χ2n) is 4.64. The van der Waals surface area contributed by atoms with Crippen molar-refractivity contribution in [3.8, 4) is 5.75 Å². The molecule has 0 atom stereocenters. The number of halogens is 2. The quantitative estimate of drug-likeness (QED) is 0.908. The fourth-order valence-corrected chi connectivity index (χ4v) is 2.57. The van der Waals surface area contributed by atoms with E-state index in [1.165, 1.54) is 6.07 Å². The minimum atomic E-state index is -0.967. The largest absolute Gasteiger partial charge is 0.493 e. The molecule has 20 heavy (non-hydrogen) atoms. The highest BCUT2D eigenvalue weighted by atomic mass is 35.5. The van der Waals surface area contributed by atoms with Crippen LogP contribution in [0.2, 0.25) is 5.02 Å². The van der Waals surface area contributed by atoms with Gasteiger partial charge in [0.2, 0.25) is 0 Å². The molecule has 1 heterocycles. The van der Waals surface area contributed by atoms with Crippen molar-refractivity contribution in [3.63, 3.8) is 0 Å². The van der Waals surface area contributed by atoms with E-state index >= 15 is 0 Å². The molecule has 0 unspecified atom stereocenters. The first-order chi connectivity index (χ1) is 9.53. The molecule has 0 saturated carbocycles. The van der Waals surface area contributed by atoms with Gasteiger partial charge in [-0.05, 0) is 32.9 Å². The topological polar surface area (TPSA) is 53.7 Å². The maximum atomic E-state index is 14.2. The minimum Gasteiger partial charge on any atom is -0.493 e. The van der Waals surface area contributed by atoms with Crippen molar-refractivity contribution in [2.75, 3.05) is 26.4 Å². The van der Waals surface area contributed by atoms with Gasteiger partial charge in [-0.1, -0.05) is 11.6 Å². The Morgan fingerprint density at radius 2 is 2.10 bits per heavy atom. The van der Waals surface area contributed by atoms with E-state index in [2.05, 4.69) is 0 Å². The number of benzene rings is 1. The Bertz CT molecular complexity index is 490. The monoisotopic (exact) mass is 303 g/mol. The summed E-state index contributed by atoms with van der Waals surface area (Å²) in [5.41, 5.74) is 6.53. The van der Waals surface area contributed by atoms with Crippen molar-refractivity contribution in [1.82, 2.24) is 0 Å². The Morgan fingerprint density at radius 3 is 2.65 bits per heavy atom. The van der Waals surface area contributed by atoms with Gasteiger partial charge >= 0.3 is 0 Å². The lowest BCUT2D eigenvalue weighted by Crippen LogP contribution is -2.25. The Morgan fingerprint density at radius 1 is 1.45 bits per heavy atom. The predicted molar refractivity (Wildman–Crippen MR) is 74.6 cm³/mol. The average Bonchev–Trinajstić information content (AvgIpc) is 2.86. The van der Waals surface area contributed by atoms with Gasteiger partial charge in [-0.3, -0.25) is 0 Å². The third-order valence-corrected chi connectivity index (χ3v) is 3.55. The van der Waals surface area contributed by atoms with Crippen molar-refractivity contribution in [1.29, 1.82) is 0 Å². The molecule has 1 saturated heterocycles. The standard InChI is InChI=1S/C14H19ClFNO3/c1-3-18-13-9(4-5-17)12(16)11(15)8-10(13)14(2)19-6-7-20-14/h8H,3-7,17H2,1-2H3. The van der Waals surface area contributed by atoms with Gasteiger partial charge in [-0.25, -0.2) is 4.39 Å². The Kier molecular flexibility index (Phi) is 4.86. The van der Waals surface area contributed by atoms with E-state index in [-0.39, 0.29) is 5.02 Å². The molecule has 112 valence electrons. The SMILES string of the molecule is CCOc1c(C2(C)OCCO2)cc(Cl)c(F)c1CCN. The van der Waals surface area contributed by atoms with E-state index in [4.69, 9.17) is 31.5 Å². The number of rotatable bonds is 5. The maximum Gasteiger partial charge on any atom is 0.195 e. The zero-order chi connectivity index (χ0) is 14.8. The molecule has 1 aliphatic heterocycles. The van der Waals surface area contributed by atoms with Crippen LogP contribution in [0.4, 0.5) is 4.39 Å². The minimum absolute atomic E-state index is 0.0206. The lowest BCUT2D eigenvalue weighted by atomic mass is 9.99. The van der Waals surface area contributed by atoms with Gasteiger partial charge in [0, 0.05) is 5.56 Å². The molecule has 0 aromatic heterocycles. The molecule has 4 nitrogen and oxygen atoms in total. The molecule has 1 aromatic rings. The summed E-state index contributed by atoms with van der Waals surface area (Å²) in [6.07, 6.45) is 0.338. The Balaban J connectivity index is 2.59. The van der Waals surface area contributed by atoms with E-state index in [9.17, 15) is 4.39 Å². The highest BCUT2D eigenvalue weighted by molar-refractivity contribution is 6.31. The molecule has 1 aliphatic rings. The first-order valence-electron chi connectivity index (χ1n) is 6.65. The van der Waals surface area contributed by atoms with E-state index in [0.29, 0.717) is 49.7 Å². The van der Waals surface area contributed by atoms with Gasteiger partial charge < -0.3 is 19.9 Å². The van der Waals surface area contributed by atoms with Crippen LogP contribution in [0.5, 0.6) is 5.75 Å². The molecule has 0 bridgehead atoms. The molecule has 0 aliphatic carbocycles. The van der Waals surface area contributed by atoms with Crippen molar-refractivity contribution in [3.05, 3.63) is 28.0 Å². The van der Waals surface area contributed by atoms with Gasteiger partial charge in [0.05, 0.1) is 30.4 Å². The molecule has 0 radical (unpaired) electrons. The normalized spacial score (nSPS) is 17.4. The highest BCUT2D eigenvalue weighted by Gasteiger charge is 2.38. The predicted octanol–water partition coefficient (Wildman–Crippen LogP) is 2.60. The fourth-order valence-electron chi connectivity index (χ4n) is 2.35. The fraction of sp³-hybridized carbons (Fsp3) is 0.571. The van der Waals surface area contributed by atoms with Crippen LogP contribution < -0.4 is 10.5 Å². The molecule has 0 spiro atoms. The second kappa shape index (κ2) is 6.26. The summed E-state index contributed by atoms with van der Waals surface area (Å²) in [6, 6.07) is 1.51. The number of nitrogens with two attached hydrogens (primary N) is 1. The first-order valence-corrected chi connectivity index (χ1v) is 7.03. The van der Waals surface area contributed by atoms with Gasteiger partial charge in [0.25, 0.3) is 0 Å². The van der Waals surface area contributed by atoms with Gasteiger partial charge in [-0.15, -0.1) is 0 Å².